The van der Waals surface area contributed by atoms with E-state index in [-0.39, 0.29) is 13.1 Å². The Morgan fingerprint density at radius 3 is 2.81 bits per heavy atom. The van der Waals surface area contributed by atoms with E-state index in [9.17, 15) is 27.5 Å². The largest absolute Gasteiger partial charge is 0.480 e. The van der Waals surface area contributed by atoms with Crippen molar-refractivity contribution in [2.45, 2.75) is 37.2 Å². The minimum Gasteiger partial charge on any atom is -0.480 e. The van der Waals surface area contributed by atoms with Crippen LogP contribution in [0.5, 0.6) is 0 Å². The molecule has 0 aliphatic carbocycles. The zero-order chi connectivity index (χ0) is 22.3. The second kappa shape index (κ2) is 7.89. The van der Waals surface area contributed by atoms with Crippen LogP contribution in [-0.4, -0.2) is 51.0 Å². The number of benzene rings is 1. The van der Waals surface area contributed by atoms with E-state index in [2.05, 4.69) is 4.98 Å². The summed E-state index contributed by atoms with van der Waals surface area (Å²) in [5, 5.41) is 9.18. The summed E-state index contributed by atoms with van der Waals surface area (Å²) >= 11 is 0. The number of rotatable bonds is 5. The number of imidazole rings is 1. The molecule has 0 bridgehead atoms. The summed E-state index contributed by atoms with van der Waals surface area (Å²) in [6.45, 7) is 1.29. The van der Waals surface area contributed by atoms with Crippen molar-refractivity contribution in [1.29, 1.82) is 0 Å². The quantitative estimate of drug-likeness (QED) is 0.636. The number of fused-ring (bicyclic) bond motifs is 1. The van der Waals surface area contributed by atoms with Crippen LogP contribution in [0, 0.1) is 12.7 Å². The van der Waals surface area contributed by atoms with Gasteiger partial charge in [0.2, 0.25) is 10.0 Å². The van der Waals surface area contributed by atoms with Gasteiger partial charge in [0.1, 0.15) is 17.3 Å². The van der Waals surface area contributed by atoms with Crippen LogP contribution in [0.4, 0.5) is 4.39 Å². The van der Waals surface area contributed by atoms with E-state index < -0.39 is 45.0 Å². The van der Waals surface area contributed by atoms with Gasteiger partial charge in [-0.1, -0.05) is 6.07 Å². The predicted octanol–water partition coefficient (Wildman–Crippen LogP) is 1.76. The molecular formula is C20H21FN4O5S. The standard InChI is InChI=1S/C20H21FN4O5S/c1-13-6-7-17(15(21)10-13)31(29,30)23-9-3-4-14(11-23)25-19-16(5-2-8-22-19)24(20(25)28)12-18(26)27/h2,5-8,10,14H,3-4,9,11-12H2,1H3,(H,26,27). The Kier molecular flexibility index (Phi) is 5.40. The van der Waals surface area contributed by atoms with E-state index in [1.165, 1.54) is 33.3 Å². The predicted molar refractivity (Wildman–Crippen MR) is 110 cm³/mol. The second-order valence-electron chi connectivity index (χ2n) is 7.57. The highest BCUT2D eigenvalue weighted by Gasteiger charge is 2.34. The molecular weight excluding hydrogens is 427 g/mol. The first kappa shape index (κ1) is 21.2. The number of aryl methyl sites for hydroxylation is 1. The van der Waals surface area contributed by atoms with Crippen molar-refractivity contribution in [3.63, 3.8) is 0 Å². The number of carboxylic acid groups (broad SMARTS) is 1. The van der Waals surface area contributed by atoms with E-state index in [1.807, 2.05) is 0 Å². The van der Waals surface area contributed by atoms with Crippen LogP contribution in [0.25, 0.3) is 11.2 Å². The Bertz CT molecular complexity index is 1330. The summed E-state index contributed by atoms with van der Waals surface area (Å²) in [7, 11) is -4.11. The normalized spacial score (nSPS) is 17.8. The maximum atomic E-state index is 14.4. The molecule has 1 aromatic carbocycles. The van der Waals surface area contributed by atoms with Crippen molar-refractivity contribution in [2.24, 2.45) is 0 Å². The molecule has 11 heteroatoms. The van der Waals surface area contributed by atoms with Crippen LogP contribution in [0.1, 0.15) is 24.4 Å². The molecule has 1 atom stereocenters. The molecule has 0 saturated carbocycles. The van der Waals surface area contributed by atoms with Gasteiger partial charge >= 0.3 is 11.7 Å². The van der Waals surface area contributed by atoms with Gasteiger partial charge in [0, 0.05) is 19.3 Å². The van der Waals surface area contributed by atoms with Crippen molar-refractivity contribution in [2.75, 3.05) is 13.1 Å². The lowest BCUT2D eigenvalue weighted by atomic mass is 10.1. The van der Waals surface area contributed by atoms with Gasteiger partial charge in [-0.2, -0.15) is 4.31 Å². The van der Waals surface area contributed by atoms with Crippen molar-refractivity contribution in [1.82, 2.24) is 18.4 Å². The van der Waals surface area contributed by atoms with Crippen molar-refractivity contribution < 1.29 is 22.7 Å². The number of aromatic nitrogens is 3. The number of sulfonamides is 1. The minimum atomic E-state index is -4.11. The monoisotopic (exact) mass is 448 g/mol. The number of nitrogens with zero attached hydrogens (tertiary/aromatic N) is 4. The molecule has 2 aromatic heterocycles. The molecule has 0 amide bonds. The first-order chi connectivity index (χ1) is 14.7. The number of hydrogen-bond acceptors (Lipinski definition) is 5. The molecule has 1 unspecified atom stereocenters. The van der Waals surface area contributed by atoms with Crippen LogP contribution in [0.2, 0.25) is 0 Å². The maximum absolute atomic E-state index is 14.4. The molecule has 4 rings (SSSR count). The fraction of sp³-hybridized carbons (Fsp3) is 0.350. The fourth-order valence-corrected chi connectivity index (χ4v) is 5.59. The van der Waals surface area contributed by atoms with Gasteiger partial charge in [0.25, 0.3) is 0 Å². The van der Waals surface area contributed by atoms with E-state index in [0.29, 0.717) is 29.6 Å². The van der Waals surface area contributed by atoms with E-state index in [4.69, 9.17) is 0 Å². The summed E-state index contributed by atoms with van der Waals surface area (Å²) < 4.78 is 44.2. The van der Waals surface area contributed by atoms with Crippen LogP contribution < -0.4 is 5.69 Å². The topological polar surface area (TPSA) is 114 Å². The fourth-order valence-electron chi connectivity index (χ4n) is 4.03. The van der Waals surface area contributed by atoms with Gasteiger partial charge in [0.15, 0.2) is 5.65 Å². The molecule has 1 N–H and O–H groups in total. The highest BCUT2D eigenvalue weighted by molar-refractivity contribution is 7.89. The number of halogens is 1. The van der Waals surface area contributed by atoms with Gasteiger partial charge in [-0.05, 0) is 49.6 Å². The first-order valence-electron chi connectivity index (χ1n) is 9.74. The average molecular weight is 448 g/mol. The third-order valence-corrected chi connectivity index (χ3v) is 7.34. The zero-order valence-electron chi connectivity index (χ0n) is 16.7. The Morgan fingerprint density at radius 2 is 2.10 bits per heavy atom. The highest BCUT2D eigenvalue weighted by Crippen LogP contribution is 2.29. The van der Waals surface area contributed by atoms with E-state index >= 15 is 0 Å². The Balaban J connectivity index is 1.74. The van der Waals surface area contributed by atoms with Crippen LogP contribution in [0.3, 0.4) is 0 Å². The minimum absolute atomic E-state index is 0.0433. The first-order valence-corrected chi connectivity index (χ1v) is 11.2. The number of carbonyl (C=O) groups is 1. The second-order valence-corrected chi connectivity index (χ2v) is 9.48. The lowest BCUT2D eigenvalue weighted by Gasteiger charge is -2.32. The molecule has 164 valence electrons. The highest BCUT2D eigenvalue weighted by atomic mass is 32.2. The van der Waals surface area contributed by atoms with Crippen molar-refractivity contribution in [3.05, 3.63) is 58.4 Å². The maximum Gasteiger partial charge on any atom is 0.331 e. The Labute approximate surface area is 177 Å². The summed E-state index contributed by atoms with van der Waals surface area (Å²) in [4.78, 5) is 28.1. The summed E-state index contributed by atoms with van der Waals surface area (Å²) in [5.41, 5.74) is 0.692. The van der Waals surface area contributed by atoms with Crippen LogP contribution in [0.15, 0.2) is 46.2 Å². The number of aliphatic carboxylic acids is 1. The number of hydrogen-bond donors (Lipinski definition) is 1. The van der Waals surface area contributed by atoms with Crippen molar-refractivity contribution in [3.8, 4) is 0 Å². The lowest BCUT2D eigenvalue weighted by Crippen LogP contribution is -2.43. The molecule has 0 spiro atoms. The Hall–Kier alpha value is -3.05. The van der Waals surface area contributed by atoms with Crippen LogP contribution >= 0.6 is 0 Å². The van der Waals surface area contributed by atoms with Gasteiger partial charge in [-0.15, -0.1) is 0 Å². The van der Waals surface area contributed by atoms with Gasteiger partial charge < -0.3 is 5.11 Å². The SMILES string of the molecule is Cc1ccc(S(=O)(=O)N2CCCC(n3c(=O)n(CC(=O)O)c4cccnc43)C2)c(F)c1. The molecule has 3 aromatic rings. The van der Waals surface area contributed by atoms with E-state index in [1.54, 1.807) is 19.1 Å². The summed E-state index contributed by atoms with van der Waals surface area (Å²) in [5.74, 6) is -1.99. The lowest BCUT2D eigenvalue weighted by molar-refractivity contribution is -0.137. The summed E-state index contributed by atoms with van der Waals surface area (Å²) in [6.07, 6.45) is 2.45. The van der Waals surface area contributed by atoms with Gasteiger partial charge in [0.05, 0.1) is 11.6 Å². The van der Waals surface area contributed by atoms with Crippen molar-refractivity contribution >= 4 is 27.2 Å². The molecule has 0 radical (unpaired) electrons. The third kappa shape index (κ3) is 3.74. The van der Waals surface area contributed by atoms with Gasteiger partial charge in [-0.3, -0.25) is 13.9 Å². The third-order valence-electron chi connectivity index (χ3n) is 5.45. The average Bonchev–Trinajstić information content (AvgIpc) is 2.99. The Morgan fingerprint density at radius 1 is 1.32 bits per heavy atom. The molecule has 1 aliphatic heterocycles. The molecule has 31 heavy (non-hydrogen) atoms. The molecule has 3 heterocycles. The molecule has 1 fully saturated rings. The summed E-state index contributed by atoms with van der Waals surface area (Å²) in [6, 6.07) is 6.59. The molecule has 1 aliphatic rings. The van der Waals surface area contributed by atoms with Crippen LogP contribution in [-0.2, 0) is 21.4 Å². The molecule has 1 saturated heterocycles. The number of pyridine rings is 1. The van der Waals surface area contributed by atoms with E-state index in [0.717, 1.165) is 4.57 Å². The number of carboxylic acids is 1. The van der Waals surface area contributed by atoms with Gasteiger partial charge in [-0.25, -0.2) is 22.6 Å². The zero-order valence-corrected chi connectivity index (χ0v) is 17.5. The number of piperidine rings is 1. The smallest absolute Gasteiger partial charge is 0.331 e. The molecule has 9 nitrogen and oxygen atoms in total.